The highest BCUT2D eigenvalue weighted by Crippen LogP contribution is 2.41. The summed E-state index contributed by atoms with van der Waals surface area (Å²) >= 11 is 6.04. The molecule has 3 rings (SSSR count). The molecule has 1 aliphatic carbocycles. The molecule has 2 unspecified atom stereocenters. The van der Waals surface area contributed by atoms with Crippen LogP contribution in [0.3, 0.4) is 0 Å². The van der Waals surface area contributed by atoms with Crippen molar-refractivity contribution in [1.82, 2.24) is 5.32 Å². The van der Waals surface area contributed by atoms with Gasteiger partial charge < -0.3 is 5.32 Å². The first-order chi connectivity index (χ1) is 10.3. The van der Waals surface area contributed by atoms with Crippen molar-refractivity contribution in [1.29, 1.82) is 0 Å². The van der Waals surface area contributed by atoms with Gasteiger partial charge in [0.05, 0.1) is 0 Å². The average Bonchev–Trinajstić information content (AvgIpc) is 2.93. The van der Waals surface area contributed by atoms with Gasteiger partial charge in [-0.05, 0) is 54.6 Å². The van der Waals surface area contributed by atoms with Crippen LogP contribution in [0, 0.1) is 0 Å². The van der Waals surface area contributed by atoms with Crippen LogP contribution in [0.2, 0.25) is 5.02 Å². The van der Waals surface area contributed by atoms with Gasteiger partial charge in [0.15, 0.2) is 0 Å². The third-order valence-electron chi connectivity index (χ3n) is 4.42. The first-order valence-corrected chi connectivity index (χ1v) is 8.24. The van der Waals surface area contributed by atoms with E-state index in [-0.39, 0.29) is 0 Å². The smallest absolute Gasteiger partial charge is 0.0406 e. The summed E-state index contributed by atoms with van der Waals surface area (Å²) in [5, 5.41) is 4.55. The van der Waals surface area contributed by atoms with E-state index >= 15 is 0 Å². The van der Waals surface area contributed by atoms with Gasteiger partial charge in [0, 0.05) is 17.0 Å². The lowest BCUT2D eigenvalue weighted by Gasteiger charge is -2.26. The van der Waals surface area contributed by atoms with Crippen molar-refractivity contribution < 1.29 is 0 Å². The van der Waals surface area contributed by atoms with E-state index in [4.69, 9.17) is 11.6 Å². The zero-order valence-corrected chi connectivity index (χ0v) is 13.2. The first-order valence-electron chi connectivity index (χ1n) is 7.86. The fourth-order valence-electron chi connectivity index (χ4n) is 3.40. The molecule has 0 amide bonds. The number of hydrogen-bond donors (Lipinski definition) is 1. The van der Waals surface area contributed by atoms with Crippen molar-refractivity contribution in [3.63, 3.8) is 0 Å². The second-order valence-electron chi connectivity index (χ2n) is 5.83. The van der Waals surface area contributed by atoms with Crippen molar-refractivity contribution in [2.45, 2.75) is 38.1 Å². The fraction of sp³-hybridized carbons (Fsp3) is 0.368. The summed E-state index contributed by atoms with van der Waals surface area (Å²) in [5.41, 5.74) is 4.37. The van der Waals surface area contributed by atoms with Crippen molar-refractivity contribution in [3.8, 4) is 0 Å². The first kappa shape index (κ1) is 14.6. The molecule has 2 aromatic rings. The minimum absolute atomic E-state index is 0.380. The maximum absolute atomic E-state index is 6.04. The van der Waals surface area contributed by atoms with Crippen LogP contribution in [-0.4, -0.2) is 6.54 Å². The average molecular weight is 300 g/mol. The Balaban J connectivity index is 1.91. The molecule has 0 radical (unpaired) electrons. The Morgan fingerprint density at radius 3 is 2.67 bits per heavy atom. The molecule has 0 spiro atoms. The van der Waals surface area contributed by atoms with E-state index in [9.17, 15) is 0 Å². The third kappa shape index (κ3) is 3.14. The van der Waals surface area contributed by atoms with E-state index in [1.54, 1.807) is 0 Å². The monoisotopic (exact) mass is 299 g/mol. The van der Waals surface area contributed by atoms with Gasteiger partial charge in [0.1, 0.15) is 0 Å². The minimum atomic E-state index is 0.380. The Hall–Kier alpha value is -1.31. The SMILES string of the molecule is CCCNC(c1ccc(Cl)cc1)C1CCc2ccccc21. The molecular weight excluding hydrogens is 278 g/mol. The van der Waals surface area contributed by atoms with Crippen molar-refractivity contribution in [2.75, 3.05) is 6.54 Å². The Kier molecular flexibility index (Phi) is 4.62. The molecular formula is C19H22ClN. The highest BCUT2D eigenvalue weighted by atomic mass is 35.5. The lowest BCUT2D eigenvalue weighted by Crippen LogP contribution is -2.27. The van der Waals surface area contributed by atoms with Crippen LogP contribution in [0.15, 0.2) is 48.5 Å². The molecule has 0 saturated heterocycles. The molecule has 2 aromatic carbocycles. The standard InChI is InChI=1S/C19H22ClN/c1-2-13-21-19(15-7-10-16(20)11-8-15)18-12-9-14-5-3-4-6-17(14)18/h3-8,10-11,18-19,21H,2,9,12-13H2,1H3. The molecule has 0 heterocycles. The van der Waals surface area contributed by atoms with Crippen LogP contribution in [0.25, 0.3) is 0 Å². The van der Waals surface area contributed by atoms with Gasteiger partial charge in [-0.2, -0.15) is 0 Å². The van der Waals surface area contributed by atoms with Gasteiger partial charge in [0.2, 0.25) is 0 Å². The second-order valence-corrected chi connectivity index (χ2v) is 6.26. The van der Waals surface area contributed by atoms with E-state index in [1.165, 1.54) is 29.5 Å². The van der Waals surface area contributed by atoms with Gasteiger partial charge in [-0.15, -0.1) is 0 Å². The molecule has 1 aliphatic rings. The van der Waals surface area contributed by atoms with Gasteiger partial charge >= 0.3 is 0 Å². The highest BCUT2D eigenvalue weighted by Gasteiger charge is 2.30. The van der Waals surface area contributed by atoms with Crippen LogP contribution in [-0.2, 0) is 6.42 Å². The van der Waals surface area contributed by atoms with Gasteiger partial charge in [-0.1, -0.05) is 54.9 Å². The summed E-state index contributed by atoms with van der Waals surface area (Å²) in [6.07, 6.45) is 3.57. The van der Waals surface area contributed by atoms with E-state index in [0.29, 0.717) is 12.0 Å². The number of nitrogens with one attached hydrogen (secondary N) is 1. The van der Waals surface area contributed by atoms with E-state index in [1.807, 2.05) is 12.1 Å². The molecule has 0 saturated carbocycles. The normalized spacial score (nSPS) is 18.5. The molecule has 0 fully saturated rings. The Morgan fingerprint density at radius 2 is 1.90 bits per heavy atom. The maximum atomic E-state index is 6.04. The molecule has 110 valence electrons. The summed E-state index contributed by atoms with van der Waals surface area (Å²) in [6.45, 7) is 3.26. The van der Waals surface area contributed by atoms with Gasteiger partial charge in [-0.3, -0.25) is 0 Å². The maximum Gasteiger partial charge on any atom is 0.0406 e. The Bertz CT molecular complexity index is 591. The van der Waals surface area contributed by atoms with Gasteiger partial charge in [-0.25, -0.2) is 0 Å². The van der Waals surface area contributed by atoms with E-state index in [0.717, 1.165) is 18.0 Å². The van der Waals surface area contributed by atoms with Crippen molar-refractivity contribution in [2.24, 2.45) is 0 Å². The Morgan fingerprint density at radius 1 is 1.14 bits per heavy atom. The van der Waals surface area contributed by atoms with Crippen molar-refractivity contribution in [3.05, 3.63) is 70.2 Å². The zero-order valence-electron chi connectivity index (χ0n) is 12.5. The summed E-state index contributed by atoms with van der Waals surface area (Å²) in [7, 11) is 0. The lowest BCUT2D eigenvalue weighted by molar-refractivity contribution is 0.442. The molecule has 2 atom stereocenters. The van der Waals surface area contributed by atoms with Crippen LogP contribution < -0.4 is 5.32 Å². The third-order valence-corrected chi connectivity index (χ3v) is 4.68. The lowest BCUT2D eigenvalue weighted by atomic mass is 9.88. The fourth-order valence-corrected chi connectivity index (χ4v) is 3.52. The molecule has 21 heavy (non-hydrogen) atoms. The number of fused-ring (bicyclic) bond motifs is 1. The number of benzene rings is 2. The molecule has 0 aliphatic heterocycles. The summed E-state index contributed by atoms with van der Waals surface area (Å²) in [5.74, 6) is 0.564. The predicted molar refractivity (Wildman–Crippen MR) is 90.0 cm³/mol. The summed E-state index contributed by atoms with van der Waals surface area (Å²) in [4.78, 5) is 0. The number of halogens is 1. The summed E-state index contributed by atoms with van der Waals surface area (Å²) in [6, 6.07) is 17.6. The minimum Gasteiger partial charge on any atom is -0.309 e. The van der Waals surface area contributed by atoms with E-state index < -0.39 is 0 Å². The summed E-state index contributed by atoms with van der Waals surface area (Å²) < 4.78 is 0. The van der Waals surface area contributed by atoms with Crippen LogP contribution in [0.5, 0.6) is 0 Å². The topological polar surface area (TPSA) is 12.0 Å². The van der Waals surface area contributed by atoms with E-state index in [2.05, 4.69) is 48.6 Å². The largest absolute Gasteiger partial charge is 0.309 e. The quantitative estimate of drug-likeness (QED) is 0.809. The van der Waals surface area contributed by atoms with Crippen LogP contribution in [0.4, 0.5) is 0 Å². The molecule has 1 N–H and O–H groups in total. The van der Waals surface area contributed by atoms with Crippen LogP contribution in [0.1, 0.15) is 48.4 Å². The highest BCUT2D eigenvalue weighted by molar-refractivity contribution is 6.30. The number of hydrogen-bond acceptors (Lipinski definition) is 1. The molecule has 0 bridgehead atoms. The molecule has 1 nitrogen and oxygen atoms in total. The zero-order chi connectivity index (χ0) is 14.7. The predicted octanol–water partition coefficient (Wildman–Crippen LogP) is 5.11. The van der Waals surface area contributed by atoms with Crippen molar-refractivity contribution >= 4 is 11.6 Å². The number of aryl methyl sites for hydroxylation is 1. The molecule has 2 heteroatoms. The Labute approximate surface area is 132 Å². The van der Waals surface area contributed by atoms with Gasteiger partial charge in [0.25, 0.3) is 0 Å². The second kappa shape index (κ2) is 6.64. The number of rotatable bonds is 5. The van der Waals surface area contributed by atoms with Crippen LogP contribution >= 0.6 is 11.6 Å². The molecule has 0 aromatic heterocycles.